The zero-order chi connectivity index (χ0) is 10.9. The third-order valence-corrected chi connectivity index (χ3v) is 1.81. The maximum atomic E-state index is 11.8. The fraction of sp³-hybridized carbons (Fsp3) is 0.500. The first-order chi connectivity index (χ1) is 6.32. The van der Waals surface area contributed by atoms with E-state index in [0.717, 1.165) is 0 Å². The number of ketones is 1. The summed E-state index contributed by atoms with van der Waals surface area (Å²) in [7, 11) is 0. The summed E-state index contributed by atoms with van der Waals surface area (Å²) in [5.41, 5.74) is -0.348. The van der Waals surface area contributed by atoms with Gasteiger partial charge in [0.15, 0.2) is 5.78 Å². The molecule has 0 bridgehead atoms. The van der Waals surface area contributed by atoms with Crippen molar-refractivity contribution >= 4 is 5.78 Å². The number of rotatable bonds is 1. The first-order valence-electron chi connectivity index (χ1n) is 4.40. The second-order valence-corrected chi connectivity index (χ2v) is 4.23. The highest BCUT2D eigenvalue weighted by Crippen LogP contribution is 2.24. The molecule has 0 unspecified atom stereocenters. The van der Waals surface area contributed by atoms with Crippen molar-refractivity contribution in [3.05, 3.63) is 17.6 Å². The van der Waals surface area contributed by atoms with Gasteiger partial charge < -0.3 is 5.11 Å². The smallest absolute Gasteiger partial charge is 0.225 e. The summed E-state index contributed by atoms with van der Waals surface area (Å²) in [6.07, 6.45) is 1.37. The SMILES string of the molecule is Cc1ncc(C(=O)C(C)(C)C)c(O)n1. The molecule has 1 rings (SSSR count). The highest BCUT2D eigenvalue weighted by molar-refractivity contribution is 6.01. The molecule has 0 aliphatic heterocycles. The lowest BCUT2D eigenvalue weighted by atomic mass is 9.87. The number of carbonyl (C=O) groups is 1. The highest BCUT2D eigenvalue weighted by Gasteiger charge is 2.26. The molecule has 0 radical (unpaired) electrons. The molecule has 0 aliphatic rings. The van der Waals surface area contributed by atoms with Gasteiger partial charge in [-0.1, -0.05) is 20.8 Å². The van der Waals surface area contributed by atoms with Gasteiger partial charge in [-0.2, -0.15) is 4.98 Å². The molecule has 0 atom stereocenters. The maximum Gasteiger partial charge on any atom is 0.225 e. The van der Waals surface area contributed by atoms with Crippen molar-refractivity contribution in [1.82, 2.24) is 9.97 Å². The lowest BCUT2D eigenvalue weighted by Gasteiger charge is -2.16. The van der Waals surface area contributed by atoms with E-state index in [9.17, 15) is 9.90 Å². The Hall–Kier alpha value is -1.45. The monoisotopic (exact) mass is 194 g/mol. The summed E-state index contributed by atoms with van der Waals surface area (Å²) in [5, 5.41) is 9.45. The predicted octanol–water partition coefficient (Wildman–Crippen LogP) is 1.72. The molecule has 0 aromatic carbocycles. The molecule has 4 nitrogen and oxygen atoms in total. The zero-order valence-corrected chi connectivity index (χ0v) is 8.83. The van der Waals surface area contributed by atoms with Gasteiger partial charge in [-0.05, 0) is 6.92 Å². The van der Waals surface area contributed by atoms with Crippen molar-refractivity contribution in [3.63, 3.8) is 0 Å². The average molecular weight is 194 g/mol. The lowest BCUT2D eigenvalue weighted by Crippen LogP contribution is -2.20. The molecule has 1 N–H and O–H groups in total. The molecule has 0 saturated heterocycles. The van der Waals surface area contributed by atoms with E-state index in [1.165, 1.54) is 6.20 Å². The van der Waals surface area contributed by atoms with Crippen LogP contribution in [0.25, 0.3) is 0 Å². The minimum atomic E-state index is -0.532. The van der Waals surface area contributed by atoms with Gasteiger partial charge in [-0.3, -0.25) is 4.79 Å². The first-order valence-corrected chi connectivity index (χ1v) is 4.40. The van der Waals surface area contributed by atoms with Crippen molar-refractivity contribution in [1.29, 1.82) is 0 Å². The Morgan fingerprint density at radius 3 is 2.43 bits per heavy atom. The second kappa shape index (κ2) is 3.36. The molecular formula is C10H14N2O2. The molecule has 1 aromatic rings. The van der Waals surface area contributed by atoms with Crippen LogP contribution in [0.3, 0.4) is 0 Å². The summed E-state index contributed by atoms with van der Waals surface area (Å²) in [4.78, 5) is 19.4. The summed E-state index contributed by atoms with van der Waals surface area (Å²) in [6, 6.07) is 0. The Labute approximate surface area is 83.0 Å². The lowest BCUT2D eigenvalue weighted by molar-refractivity contribution is 0.0854. The van der Waals surface area contributed by atoms with Crippen molar-refractivity contribution in [3.8, 4) is 5.88 Å². The Bertz CT molecular complexity index is 367. The third kappa shape index (κ3) is 2.07. The standard InChI is InChI=1S/C10H14N2O2/c1-6-11-5-7(9(14)12-6)8(13)10(2,3)4/h5H,1-4H3,(H,11,12,14). The minimum Gasteiger partial charge on any atom is -0.493 e. The second-order valence-electron chi connectivity index (χ2n) is 4.23. The summed E-state index contributed by atoms with van der Waals surface area (Å²) < 4.78 is 0. The number of carbonyl (C=O) groups excluding carboxylic acids is 1. The number of aryl methyl sites for hydroxylation is 1. The van der Waals surface area contributed by atoms with Crippen LogP contribution in [0.1, 0.15) is 37.0 Å². The Kier molecular flexibility index (Phi) is 2.55. The number of aromatic nitrogens is 2. The molecule has 0 spiro atoms. The number of nitrogens with zero attached hydrogens (tertiary/aromatic N) is 2. The normalized spacial score (nSPS) is 11.4. The molecule has 0 aliphatic carbocycles. The summed E-state index contributed by atoms with van der Waals surface area (Å²) in [6.45, 7) is 7.02. The number of hydrogen-bond donors (Lipinski definition) is 1. The van der Waals surface area contributed by atoms with Crippen LogP contribution in [0, 0.1) is 12.3 Å². The fourth-order valence-electron chi connectivity index (χ4n) is 1.02. The van der Waals surface area contributed by atoms with Gasteiger partial charge in [0.05, 0.1) is 5.56 Å². The van der Waals surface area contributed by atoms with Crippen LogP contribution in [-0.4, -0.2) is 20.9 Å². The molecule has 0 amide bonds. The number of Topliss-reactive ketones (excluding diaryl/α,β-unsaturated/α-hetero) is 1. The van der Waals surface area contributed by atoms with Gasteiger partial charge in [0.2, 0.25) is 5.88 Å². The molecule has 14 heavy (non-hydrogen) atoms. The third-order valence-electron chi connectivity index (χ3n) is 1.81. The fourth-order valence-corrected chi connectivity index (χ4v) is 1.02. The number of hydrogen-bond acceptors (Lipinski definition) is 4. The Morgan fingerprint density at radius 2 is 2.00 bits per heavy atom. The van der Waals surface area contributed by atoms with E-state index in [-0.39, 0.29) is 17.2 Å². The quantitative estimate of drug-likeness (QED) is 0.691. The van der Waals surface area contributed by atoms with E-state index in [4.69, 9.17) is 0 Å². The maximum absolute atomic E-state index is 11.8. The van der Waals surface area contributed by atoms with Crippen LogP contribution in [0.15, 0.2) is 6.20 Å². The molecular weight excluding hydrogens is 180 g/mol. The van der Waals surface area contributed by atoms with Crippen LogP contribution < -0.4 is 0 Å². The van der Waals surface area contributed by atoms with Crippen molar-refractivity contribution in [2.45, 2.75) is 27.7 Å². The van der Waals surface area contributed by atoms with Gasteiger partial charge in [0, 0.05) is 11.6 Å². The van der Waals surface area contributed by atoms with Gasteiger partial charge in [-0.15, -0.1) is 0 Å². The zero-order valence-electron chi connectivity index (χ0n) is 8.83. The molecule has 4 heteroatoms. The van der Waals surface area contributed by atoms with Crippen LogP contribution in [0.4, 0.5) is 0 Å². The van der Waals surface area contributed by atoms with Crippen LogP contribution in [-0.2, 0) is 0 Å². The van der Waals surface area contributed by atoms with E-state index < -0.39 is 5.41 Å². The van der Waals surface area contributed by atoms with E-state index in [1.54, 1.807) is 27.7 Å². The minimum absolute atomic E-state index is 0.157. The van der Waals surface area contributed by atoms with E-state index in [2.05, 4.69) is 9.97 Å². The van der Waals surface area contributed by atoms with Gasteiger partial charge in [0.1, 0.15) is 5.82 Å². The summed E-state index contributed by atoms with van der Waals surface area (Å²) in [5.74, 6) is 0.0559. The Morgan fingerprint density at radius 1 is 1.43 bits per heavy atom. The largest absolute Gasteiger partial charge is 0.493 e. The van der Waals surface area contributed by atoms with Crippen LogP contribution in [0.2, 0.25) is 0 Å². The topological polar surface area (TPSA) is 63.1 Å². The molecule has 76 valence electrons. The van der Waals surface area contributed by atoms with Crippen LogP contribution >= 0.6 is 0 Å². The van der Waals surface area contributed by atoms with Crippen molar-refractivity contribution < 1.29 is 9.90 Å². The van der Waals surface area contributed by atoms with Crippen molar-refractivity contribution in [2.75, 3.05) is 0 Å². The van der Waals surface area contributed by atoms with E-state index in [1.807, 2.05) is 0 Å². The molecule has 0 fully saturated rings. The Balaban J connectivity index is 3.15. The van der Waals surface area contributed by atoms with E-state index in [0.29, 0.717) is 5.82 Å². The highest BCUT2D eigenvalue weighted by atomic mass is 16.3. The molecule has 0 saturated carbocycles. The first kappa shape index (κ1) is 10.6. The van der Waals surface area contributed by atoms with Crippen LogP contribution in [0.5, 0.6) is 5.88 Å². The number of aromatic hydroxyl groups is 1. The van der Waals surface area contributed by atoms with Gasteiger partial charge in [-0.25, -0.2) is 4.98 Å². The predicted molar refractivity (Wildman–Crippen MR) is 52.2 cm³/mol. The molecule has 1 heterocycles. The average Bonchev–Trinajstić information content (AvgIpc) is 2.01. The van der Waals surface area contributed by atoms with E-state index >= 15 is 0 Å². The molecule has 1 aromatic heterocycles. The van der Waals surface area contributed by atoms with Crippen molar-refractivity contribution in [2.24, 2.45) is 5.41 Å². The van der Waals surface area contributed by atoms with Gasteiger partial charge in [0.25, 0.3) is 0 Å². The van der Waals surface area contributed by atoms with Gasteiger partial charge >= 0.3 is 0 Å². The summed E-state index contributed by atoms with van der Waals surface area (Å²) >= 11 is 0.